The Balaban J connectivity index is 4.73. The van der Waals surface area contributed by atoms with Gasteiger partial charge in [0.1, 0.15) is 0 Å². The van der Waals surface area contributed by atoms with Gasteiger partial charge in [0, 0.05) is 18.7 Å². The average Bonchev–Trinajstić information content (AvgIpc) is 1.83. The van der Waals surface area contributed by atoms with Crippen LogP contribution in [0.25, 0.3) is 0 Å². The molecule has 0 heterocycles. The second-order valence-electron chi connectivity index (χ2n) is 4.61. The number of amides is 1. The number of nitrogens with zero attached hydrogens (tertiary/aromatic N) is 1. The van der Waals surface area contributed by atoms with Crippen molar-refractivity contribution in [3.8, 4) is 0 Å². The molecule has 0 radical (unpaired) electrons. The predicted octanol–water partition coefficient (Wildman–Crippen LogP) is 2.81. The van der Waals surface area contributed by atoms with Crippen molar-refractivity contribution in [1.82, 2.24) is 4.42 Å². The number of rotatable bonds is 1. The maximum Gasteiger partial charge on any atom is 0.234 e. The molecule has 0 aromatic heterocycles. The molecule has 0 saturated heterocycles. The molecule has 0 atom stereocenters. The minimum atomic E-state index is -0.333. The fourth-order valence-electron chi connectivity index (χ4n) is 0.688. The van der Waals surface area contributed by atoms with E-state index in [0.717, 1.165) is 0 Å². The first kappa shape index (κ1) is 11.8. The van der Waals surface area contributed by atoms with E-state index in [4.69, 9.17) is 11.8 Å². The zero-order valence-electron chi connectivity index (χ0n) is 8.73. The molecule has 0 spiro atoms. The SMILES string of the molecule is CC(=O)N(Cl)C(C)(C)C(C)(C)C. The van der Waals surface area contributed by atoms with Crippen molar-refractivity contribution < 1.29 is 4.79 Å². The molecular weight excluding hydrogens is 174 g/mol. The minimum absolute atomic E-state index is 0.0274. The van der Waals surface area contributed by atoms with Gasteiger partial charge in [0.2, 0.25) is 5.91 Å². The Kier molecular flexibility index (Phi) is 3.18. The van der Waals surface area contributed by atoms with Gasteiger partial charge in [-0.05, 0) is 19.3 Å². The van der Waals surface area contributed by atoms with Crippen LogP contribution >= 0.6 is 11.8 Å². The highest BCUT2D eigenvalue weighted by molar-refractivity contribution is 6.21. The van der Waals surface area contributed by atoms with Gasteiger partial charge in [-0.2, -0.15) is 0 Å². The number of carbonyl (C=O) groups excluding carboxylic acids is 1. The van der Waals surface area contributed by atoms with Gasteiger partial charge >= 0.3 is 0 Å². The van der Waals surface area contributed by atoms with Gasteiger partial charge < -0.3 is 0 Å². The number of halogens is 1. The van der Waals surface area contributed by atoms with Crippen LogP contribution < -0.4 is 0 Å². The molecule has 1 amide bonds. The van der Waals surface area contributed by atoms with Crippen molar-refractivity contribution in [2.45, 2.75) is 47.1 Å². The molecule has 0 unspecified atom stereocenters. The van der Waals surface area contributed by atoms with Crippen LogP contribution in [0, 0.1) is 5.41 Å². The highest BCUT2D eigenvalue weighted by atomic mass is 35.5. The van der Waals surface area contributed by atoms with Crippen molar-refractivity contribution in [1.29, 1.82) is 0 Å². The molecule has 0 rings (SSSR count). The van der Waals surface area contributed by atoms with Crippen LogP contribution in [0.2, 0.25) is 0 Å². The Morgan fingerprint density at radius 1 is 1.17 bits per heavy atom. The molecular formula is C9H18ClNO. The van der Waals surface area contributed by atoms with Crippen molar-refractivity contribution in [3.05, 3.63) is 0 Å². The summed E-state index contributed by atoms with van der Waals surface area (Å²) in [7, 11) is 0. The Bertz CT molecular complexity index is 181. The van der Waals surface area contributed by atoms with Crippen LogP contribution in [-0.4, -0.2) is 15.9 Å². The molecule has 0 bridgehead atoms. The first-order valence-corrected chi connectivity index (χ1v) is 4.41. The first-order chi connectivity index (χ1) is 5.10. The maximum atomic E-state index is 11.0. The van der Waals surface area contributed by atoms with Crippen molar-refractivity contribution in [2.24, 2.45) is 5.41 Å². The molecule has 0 aliphatic rings. The van der Waals surface area contributed by atoms with E-state index in [9.17, 15) is 4.79 Å². The molecule has 0 aromatic carbocycles. The molecule has 0 fully saturated rings. The van der Waals surface area contributed by atoms with Crippen LogP contribution in [0.15, 0.2) is 0 Å². The normalized spacial score (nSPS) is 12.9. The first-order valence-electron chi connectivity index (χ1n) is 4.07. The topological polar surface area (TPSA) is 20.3 Å². The summed E-state index contributed by atoms with van der Waals surface area (Å²) in [6, 6.07) is 0. The average molecular weight is 192 g/mol. The van der Waals surface area contributed by atoms with Gasteiger partial charge in [-0.15, -0.1) is 0 Å². The monoisotopic (exact) mass is 191 g/mol. The largest absolute Gasteiger partial charge is 0.274 e. The van der Waals surface area contributed by atoms with Crippen molar-refractivity contribution in [3.63, 3.8) is 0 Å². The zero-order valence-corrected chi connectivity index (χ0v) is 9.49. The molecule has 0 aromatic rings. The Labute approximate surface area is 80.0 Å². The Morgan fingerprint density at radius 2 is 1.50 bits per heavy atom. The third-order valence-electron chi connectivity index (χ3n) is 2.60. The standard InChI is InChI=1S/C9H18ClNO/c1-7(12)11(10)9(5,6)8(2,3)4/h1-6H3. The Hall–Kier alpha value is -0.240. The fraction of sp³-hybridized carbons (Fsp3) is 0.889. The van der Waals surface area contributed by atoms with Gasteiger partial charge in [-0.1, -0.05) is 20.8 Å². The summed E-state index contributed by atoms with van der Waals surface area (Å²) in [5.74, 6) is -0.114. The Morgan fingerprint density at radius 3 is 1.58 bits per heavy atom. The summed E-state index contributed by atoms with van der Waals surface area (Å²) in [4.78, 5) is 11.0. The smallest absolute Gasteiger partial charge is 0.234 e. The summed E-state index contributed by atoms with van der Waals surface area (Å²) < 4.78 is 1.27. The highest BCUT2D eigenvalue weighted by Crippen LogP contribution is 2.36. The molecule has 2 nitrogen and oxygen atoms in total. The fourth-order valence-corrected chi connectivity index (χ4v) is 0.942. The molecule has 0 aliphatic carbocycles. The van der Waals surface area contributed by atoms with E-state index < -0.39 is 0 Å². The zero-order chi connectivity index (χ0) is 10.2. The lowest BCUT2D eigenvalue weighted by Gasteiger charge is -2.43. The molecule has 72 valence electrons. The summed E-state index contributed by atoms with van der Waals surface area (Å²) in [5.41, 5.74) is -0.360. The number of carbonyl (C=O) groups is 1. The van der Waals surface area contributed by atoms with Crippen LogP contribution in [-0.2, 0) is 4.79 Å². The summed E-state index contributed by atoms with van der Waals surface area (Å²) in [5, 5.41) is 0. The molecule has 3 heteroatoms. The summed E-state index contributed by atoms with van der Waals surface area (Å²) >= 11 is 5.88. The number of hydrogen-bond acceptors (Lipinski definition) is 1. The minimum Gasteiger partial charge on any atom is -0.274 e. The van der Waals surface area contributed by atoms with Gasteiger partial charge in [0.15, 0.2) is 0 Å². The molecule has 0 aliphatic heterocycles. The predicted molar refractivity (Wildman–Crippen MR) is 51.9 cm³/mol. The molecule has 0 saturated carbocycles. The second-order valence-corrected chi connectivity index (χ2v) is 4.95. The quantitative estimate of drug-likeness (QED) is 0.584. The van der Waals surface area contributed by atoms with Crippen molar-refractivity contribution in [2.75, 3.05) is 0 Å². The van der Waals surface area contributed by atoms with E-state index in [2.05, 4.69) is 20.8 Å². The van der Waals surface area contributed by atoms with Crippen molar-refractivity contribution >= 4 is 17.7 Å². The van der Waals surface area contributed by atoms with Gasteiger partial charge in [-0.25, -0.2) is 4.42 Å². The molecule has 0 N–H and O–H groups in total. The highest BCUT2D eigenvalue weighted by Gasteiger charge is 2.39. The van der Waals surface area contributed by atoms with Crippen LogP contribution in [0.4, 0.5) is 0 Å². The lowest BCUT2D eigenvalue weighted by molar-refractivity contribution is -0.130. The number of hydrogen-bond donors (Lipinski definition) is 0. The molecule has 12 heavy (non-hydrogen) atoms. The van der Waals surface area contributed by atoms with E-state index in [1.165, 1.54) is 11.3 Å². The van der Waals surface area contributed by atoms with Gasteiger partial charge in [0.05, 0.1) is 5.54 Å². The van der Waals surface area contributed by atoms with Crippen LogP contribution in [0.5, 0.6) is 0 Å². The van der Waals surface area contributed by atoms with E-state index in [-0.39, 0.29) is 16.9 Å². The lowest BCUT2D eigenvalue weighted by Crippen LogP contribution is -2.50. The van der Waals surface area contributed by atoms with E-state index in [0.29, 0.717) is 0 Å². The summed E-state index contributed by atoms with van der Waals surface area (Å²) in [6.07, 6.45) is 0. The van der Waals surface area contributed by atoms with Gasteiger partial charge in [-0.3, -0.25) is 4.79 Å². The second kappa shape index (κ2) is 3.25. The third kappa shape index (κ3) is 2.13. The van der Waals surface area contributed by atoms with Crippen LogP contribution in [0.1, 0.15) is 41.5 Å². The van der Waals surface area contributed by atoms with E-state index >= 15 is 0 Å². The van der Waals surface area contributed by atoms with E-state index in [1.54, 1.807) is 0 Å². The third-order valence-corrected chi connectivity index (χ3v) is 3.26. The van der Waals surface area contributed by atoms with Crippen LogP contribution in [0.3, 0.4) is 0 Å². The summed E-state index contributed by atoms with van der Waals surface area (Å²) in [6.45, 7) is 11.6. The van der Waals surface area contributed by atoms with Gasteiger partial charge in [0.25, 0.3) is 0 Å². The maximum absolute atomic E-state index is 11.0. The lowest BCUT2D eigenvalue weighted by atomic mass is 9.76. The van der Waals surface area contributed by atoms with E-state index in [1.807, 2.05) is 13.8 Å².